The average Bonchev–Trinajstić information content (AvgIpc) is 3.24. The third-order valence-corrected chi connectivity index (χ3v) is 12.3. The first kappa shape index (κ1) is 28.5. The summed E-state index contributed by atoms with van der Waals surface area (Å²) in [5, 5.41) is 10.5. The number of carbonyl (C=O) groups is 1. The van der Waals surface area contributed by atoms with Crippen LogP contribution in [-0.2, 0) is 4.79 Å². The fourth-order valence-corrected chi connectivity index (χ4v) is 9.46. The summed E-state index contributed by atoms with van der Waals surface area (Å²) in [5.41, 5.74) is 1.34. The highest BCUT2D eigenvalue weighted by Gasteiger charge is 2.55. The van der Waals surface area contributed by atoms with Crippen LogP contribution in [0, 0.1) is 23.2 Å². The van der Waals surface area contributed by atoms with Gasteiger partial charge in [-0.25, -0.2) is 0 Å². The summed E-state index contributed by atoms with van der Waals surface area (Å²) in [4.78, 5) is 23.7. The number of carbonyl (C=O) groups excluding carboxylic acids is 1. The molecule has 5 atom stereocenters. The molecule has 7 rings (SSSR count). The van der Waals surface area contributed by atoms with Crippen molar-refractivity contribution in [1.29, 1.82) is 0 Å². The van der Waals surface area contributed by atoms with Crippen LogP contribution in [0.15, 0.2) is 30.3 Å². The van der Waals surface area contributed by atoms with Gasteiger partial charge in [0.2, 0.25) is 5.91 Å². The molecule has 2 saturated heterocycles. The van der Waals surface area contributed by atoms with Gasteiger partial charge in [0.05, 0.1) is 12.8 Å². The normalized spacial score (nSPS) is 33.5. The Morgan fingerprint density at radius 3 is 2.45 bits per heavy atom. The molecular weight excluding hydrogens is 496 g/mol. The Balaban J connectivity index is 1.06. The van der Waals surface area contributed by atoms with Crippen LogP contribution >= 0.6 is 0 Å². The van der Waals surface area contributed by atoms with E-state index in [1.165, 1.54) is 44.3 Å². The lowest BCUT2D eigenvalue weighted by molar-refractivity contribution is -0.133. The summed E-state index contributed by atoms with van der Waals surface area (Å²) in [7, 11) is 2.15. The zero-order valence-electron chi connectivity index (χ0n) is 25.4. The Morgan fingerprint density at radius 2 is 1.75 bits per heavy atom. The minimum Gasteiger partial charge on any atom is -0.391 e. The van der Waals surface area contributed by atoms with Crippen molar-refractivity contribution in [3.8, 4) is 0 Å². The molecule has 40 heavy (non-hydrogen) atoms. The van der Waals surface area contributed by atoms with Gasteiger partial charge in [0.25, 0.3) is 0 Å². The van der Waals surface area contributed by atoms with Gasteiger partial charge < -0.3 is 24.7 Å². The van der Waals surface area contributed by atoms with Gasteiger partial charge in [0.15, 0.2) is 0 Å². The van der Waals surface area contributed by atoms with Gasteiger partial charge in [0.1, 0.15) is 5.54 Å². The molecule has 222 valence electrons. The summed E-state index contributed by atoms with van der Waals surface area (Å²) in [6.45, 7) is 10.7. The van der Waals surface area contributed by atoms with Gasteiger partial charge in [0, 0.05) is 31.4 Å². The number of benzene rings is 1. The molecular formula is C34H54N4O2. The first-order valence-corrected chi connectivity index (χ1v) is 16.5. The second-order valence-electron chi connectivity index (χ2n) is 14.6. The number of likely N-dealkylation sites (N-methyl/N-ethyl adjacent to an activating group) is 1. The highest BCUT2D eigenvalue weighted by atomic mass is 16.3. The monoisotopic (exact) mass is 550 g/mol. The van der Waals surface area contributed by atoms with Gasteiger partial charge in [-0.1, -0.05) is 44.9 Å². The van der Waals surface area contributed by atoms with Crippen LogP contribution in [0.4, 0.5) is 5.69 Å². The molecule has 1 aromatic carbocycles. The summed E-state index contributed by atoms with van der Waals surface area (Å²) in [5.74, 6) is 3.14. The minimum atomic E-state index is -0.405. The smallest absolute Gasteiger partial charge is 0.250 e. The number of nitrogens with zero attached hydrogens (tertiary/aromatic N) is 4. The molecule has 1 aromatic rings. The van der Waals surface area contributed by atoms with Crippen molar-refractivity contribution in [2.24, 2.45) is 23.2 Å². The van der Waals surface area contributed by atoms with Crippen LogP contribution in [0.5, 0.6) is 0 Å². The number of rotatable bonds is 9. The summed E-state index contributed by atoms with van der Waals surface area (Å²) >= 11 is 0. The van der Waals surface area contributed by atoms with E-state index in [1.807, 2.05) is 0 Å². The van der Waals surface area contributed by atoms with E-state index in [1.54, 1.807) is 0 Å². The highest BCUT2D eigenvalue weighted by molar-refractivity contribution is 5.93. The number of hydrogen-bond donors (Lipinski definition) is 1. The molecule has 6 aliphatic rings. The third kappa shape index (κ3) is 5.22. The molecule has 6 nitrogen and oxygen atoms in total. The molecule has 2 aliphatic heterocycles. The van der Waals surface area contributed by atoms with Crippen molar-refractivity contribution in [3.63, 3.8) is 0 Å². The summed E-state index contributed by atoms with van der Waals surface area (Å²) in [6, 6.07) is 10.9. The number of fused-ring (bicyclic) bond motifs is 2. The number of para-hydroxylation sites is 1. The SMILES string of the molecule is CN(CCCN1CN(c2ccccc2)C2(CCN(CCC3CCC4CC3C4(C)C)CC2)C1=O)C1CCCCC1O. The van der Waals surface area contributed by atoms with Crippen molar-refractivity contribution >= 4 is 11.6 Å². The van der Waals surface area contributed by atoms with Crippen molar-refractivity contribution in [2.75, 3.05) is 51.3 Å². The van der Waals surface area contributed by atoms with E-state index in [0.29, 0.717) is 18.0 Å². The van der Waals surface area contributed by atoms with Gasteiger partial charge in [-0.2, -0.15) is 0 Å². The molecule has 4 saturated carbocycles. The Labute approximate surface area is 243 Å². The van der Waals surface area contributed by atoms with Gasteiger partial charge in [-0.15, -0.1) is 0 Å². The zero-order valence-corrected chi connectivity index (χ0v) is 25.4. The highest BCUT2D eigenvalue weighted by Crippen LogP contribution is 2.62. The number of aliphatic hydroxyl groups is 1. The lowest BCUT2D eigenvalue weighted by Crippen LogP contribution is -2.57. The second kappa shape index (κ2) is 11.6. The molecule has 0 aromatic heterocycles. The van der Waals surface area contributed by atoms with E-state index >= 15 is 0 Å². The Morgan fingerprint density at radius 1 is 1.00 bits per heavy atom. The molecule has 0 radical (unpaired) electrons. The van der Waals surface area contributed by atoms with Crippen molar-refractivity contribution in [1.82, 2.24) is 14.7 Å². The molecule has 1 spiro atoms. The van der Waals surface area contributed by atoms with E-state index < -0.39 is 5.54 Å². The molecule has 6 fully saturated rings. The predicted molar refractivity (Wildman–Crippen MR) is 162 cm³/mol. The number of aliphatic hydroxyl groups excluding tert-OH is 1. The molecule has 2 bridgehead atoms. The summed E-state index contributed by atoms with van der Waals surface area (Å²) in [6.07, 6.45) is 12.6. The molecule has 2 heterocycles. The first-order valence-electron chi connectivity index (χ1n) is 16.5. The van der Waals surface area contributed by atoms with Crippen LogP contribution in [0.2, 0.25) is 0 Å². The molecule has 5 unspecified atom stereocenters. The van der Waals surface area contributed by atoms with E-state index in [0.717, 1.165) is 82.5 Å². The van der Waals surface area contributed by atoms with Crippen LogP contribution in [-0.4, -0.2) is 89.8 Å². The minimum absolute atomic E-state index is 0.204. The predicted octanol–water partition coefficient (Wildman–Crippen LogP) is 5.22. The van der Waals surface area contributed by atoms with E-state index in [9.17, 15) is 9.90 Å². The zero-order chi connectivity index (χ0) is 27.9. The van der Waals surface area contributed by atoms with Crippen LogP contribution in [0.25, 0.3) is 0 Å². The average molecular weight is 551 g/mol. The molecule has 1 amide bonds. The third-order valence-electron chi connectivity index (χ3n) is 12.3. The fourth-order valence-electron chi connectivity index (χ4n) is 9.46. The van der Waals surface area contributed by atoms with Crippen molar-refractivity contribution < 1.29 is 9.90 Å². The van der Waals surface area contributed by atoms with Gasteiger partial charge >= 0.3 is 0 Å². The molecule has 4 aliphatic carbocycles. The van der Waals surface area contributed by atoms with E-state index in [-0.39, 0.29) is 12.1 Å². The summed E-state index contributed by atoms with van der Waals surface area (Å²) < 4.78 is 0. The van der Waals surface area contributed by atoms with E-state index in [2.05, 4.69) is 70.8 Å². The van der Waals surface area contributed by atoms with Crippen LogP contribution < -0.4 is 4.90 Å². The Kier molecular flexibility index (Phi) is 8.24. The second-order valence-corrected chi connectivity index (χ2v) is 14.6. The lowest BCUT2D eigenvalue weighted by atomic mass is 9.45. The van der Waals surface area contributed by atoms with Crippen LogP contribution in [0.3, 0.4) is 0 Å². The number of hydrogen-bond acceptors (Lipinski definition) is 5. The maximum atomic E-state index is 14.1. The Hall–Kier alpha value is -1.63. The number of piperidine rings is 1. The topological polar surface area (TPSA) is 50.3 Å². The van der Waals surface area contributed by atoms with Gasteiger partial charge in [-0.05, 0) is 113 Å². The maximum absolute atomic E-state index is 14.1. The fraction of sp³-hybridized carbons (Fsp3) is 0.794. The standard InChI is InChI=1S/C34H54N4O2/c1-33(2)27-15-14-26(29(33)24-27)16-21-36-22-17-34(18-23-36)32(40)37(25-38(34)28-10-5-4-6-11-28)20-9-19-35(3)30-12-7-8-13-31(30)39/h4-6,10-11,26-27,29-31,39H,7-9,12-25H2,1-3H3. The molecule has 1 N–H and O–H groups in total. The van der Waals surface area contributed by atoms with Crippen molar-refractivity contribution in [3.05, 3.63) is 30.3 Å². The lowest BCUT2D eigenvalue weighted by Gasteiger charge is -2.60. The largest absolute Gasteiger partial charge is 0.391 e. The molecule has 6 heteroatoms. The van der Waals surface area contributed by atoms with Crippen LogP contribution in [0.1, 0.15) is 84.5 Å². The quantitative estimate of drug-likeness (QED) is 0.457. The number of likely N-dealkylation sites (tertiary alicyclic amines) is 1. The van der Waals surface area contributed by atoms with Crippen molar-refractivity contribution in [2.45, 2.75) is 102 Å². The number of anilines is 1. The van der Waals surface area contributed by atoms with Gasteiger partial charge in [-0.3, -0.25) is 4.79 Å². The Bertz CT molecular complexity index is 1000. The maximum Gasteiger partial charge on any atom is 0.250 e. The number of amides is 1. The first-order chi connectivity index (χ1) is 19.3. The van der Waals surface area contributed by atoms with E-state index in [4.69, 9.17) is 0 Å².